The molecule has 30 heavy (non-hydrogen) atoms. The Morgan fingerprint density at radius 3 is 2.60 bits per heavy atom. The van der Waals surface area contributed by atoms with Crippen LogP contribution in [0.25, 0.3) is 0 Å². The van der Waals surface area contributed by atoms with Gasteiger partial charge >= 0.3 is 0 Å². The molecule has 8 nitrogen and oxygen atoms in total. The van der Waals surface area contributed by atoms with Gasteiger partial charge in [-0.2, -0.15) is 0 Å². The molecule has 0 unspecified atom stereocenters. The van der Waals surface area contributed by atoms with Gasteiger partial charge in [0.25, 0.3) is 5.91 Å². The third kappa shape index (κ3) is 4.40. The Labute approximate surface area is 173 Å². The van der Waals surface area contributed by atoms with Crippen LogP contribution in [-0.4, -0.2) is 57.2 Å². The number of carbonyl (C=O) groups excluding carboxylic acids is 1. The van der Waals surface area contributed by atoms with E-state index in [4.69, 9.17) is 4.74 Å². The van der Waals surface area contributed by atoms with Gasteiger partial charge in [0.1, 0.15) is 18.2 Å². The highest BCUT2D eigenvalue weighted by Gasteiger charge is 2.22. The van der Waals surface area contributed by atoms with E-state index in [1.54, 1.807) is 35.0 Å². The first-order valence-electron chi connectivity index (χ1n) is 9.91. The van der Waals surface area contributed by atoms with Crippen molar-refractivity contribution in [3.63, 3.8) is 0 Å². The normalized spacial score (nSPS) is 14.1. The van der Waals surface area contributed by atoms with Gasteiger partial charge < -0.3 is 14.5 Å². The number of carbonyl (C=O) groups is 1. The predicted molar refractivity (Wildman–Crippen MR) is 109 cm³/mol. The minimum absolute atomic E-state index is 0.0300. The van der Waals surface area contributed by atoms with E-state index in [-0.39, 0.29) is 18.3 Å². The Kier molecular flexibility index (Phi) is 5.87. The number of benzene rings is 2. The molecule has 0 bridgehead atoms. The second kappa shape index (κ2) is 8.89. The Morgan fingerprint density at radius 2 is 1.87 bits per heavy atom. The predicted octanol–water partition coefficient (Wildman–Crippen LogP) is 2.37. The van der Waals surface area contributed by atoms with Crippen molar-refractivity contribution >= 4 is 11.6 Å². The average molecular weight is 410 g/mol. The second-order valence-electron chi connectivity index (χ2n) is 6.98. The highest BCUT2D eigenvalue weighted by atomic mass is 19.1. The topological polar surface area (TPSA) is 76.4 Å². The van der Waals surface area contributed by atoms with Gasteiger partial charge in [0, 0.05) is 44.0 Å². The average Bonchev–Trinajstić information content (AvgIpc) is 3.26. The molecule has 1 aliphatic rings. The molecule has 4 rings (SSSR count). The van der Waals surface area contributed by atoms with E-state index in [2.05, 4.69) is 20.4 Å². The number of hydrogen-bond donors (Lipinski definition) is 0. The zero-order valence-electron chi connectivity index (χ0n) is 16.7. The molecule has 0 N–H and O–H groups in total. The largest absolute Gasteiger partial charge is 0.486 e. The molecule has 2 aromatic carbocycles. The first-order valence-corrected chi connectivity index (χ1v) is 9.91. The van der Waals surface area contributed by atoms with Gasteiger partial charge in [0.2, 0.25) is 0 Å². The SMILES string of the molecule is CCn1nnnc1COc1cccc(C(=O)N2CCN(c3ccc(F)cc3)CC2)c1. The van der Waals surface area contributed by atoms with Crippen LogP contribution >= 0.6 is 0 Å². The van der Waals surface area contributed by atoms with Crippen LogP contribution in [0.3, 0.4) is 0 Å². The van der Waals surface area contributed by atoms with Crippen LogP contribution < -0.4 is 9.64 Å². The Morgan fingerprint density at radius 1 is 1.10 bits per heavy atom. The lowest BCUT2D eigenvalue weighted by Gasteiger charge is -2.36. The monoisotopic (exact) mass is 410 g/mol. The third-order valence-electron chi connectivity index (χ3n) is 5.11. The van der Waals surface area contributed by atoms with Crippen molar-refractivity contribution in [3.05, 3.63) is 65.7 Å². The van der Waals surface area contributed by atoms with Crippen molar-refractivity contribution in [2.45, 2.75) is 20.1 Å². The standard InChI is InChI=1S/C21H23FN6O2/c1-2-28-20(23-24-25-28)15-30-19-5-3-4-16(14-19)21(29)27-12-10-26(11-13-27)18-8-6-17(22)7-9-18/h3-9,14H,2,10-13,15H2,1H3. The number of halogens is 1. The Hall–Kier alpha value is -3.49. The van der Waals surface area contributed by atoms with E-state index >= 15 is 0 Å². The summed E-state index contributed by atoms with van der Waals surface area (Å²) in [6.45, 7) is 5.46. The number of piperazine rings is 1. The molecule has 0 atom stereocenters. The molecule has 1 saturated heterocycles. The number of tetrazole rings is 1. The Balaban J connectivity index is 1.36. The number of aromatic nitrogens is 4. The Bertz CT molecular complexity index is 999. The fourth-order valence-electron chi connectivity index (χ4n) is 3.44. The third-order valence-corrected chi connectivity index (χ3v) is 5.11. The molecule has 3 aromatic rings. The van der Waals surface area contributed by atoms with E-state index in [9.17, 15) is 9.18 Å². The summed E-state index contributed by atoms with van der Waals surface area (Å²) in [5.41, 5.74) is 1.55. The first-order chi connectivity index (χ1) is 14.6. The fourth-order valence-corrected chi connectivity index (χ4v) is 3.44. The van der Waals surface area contributed by atoms with Gasteiger partial charge in [-0.15, -0.1) is 5.10 Å². The maximum absolute atomic E-state index is 13.1. The van der Waals surface area contributed by atoms with Gasteiger partial charge in [-0.3, -0.25) is 4.79 Å². The molecule has 0 aliphatic carbocycles. The molecular formula is C21H23FN6O2. The van der Waals surface area contributed by atoms with E-state index in [0.717, 1.165) is 5.69 Å². The van der Waals surface area contributed by atoms with Gasteiger partial charge in [-0.05, 0) is 59.8 Å². The lowest BCUT2D eigenvalue weighted by molar-refractivity contribution is 0.0746. The molecule has 1 aromatic heterocycles. The maximum atomic E-state index is 13.1. The van der Waals surface area contributed by atoms with E-state index in [1.807, 2.05) is 17.9 Å². The summed E-state index contributed by atoms with van der Waals surface area (Å²) >= 11 is 0. The molecule has 0 saturated carbocycles. The number of aryl methyl sites for hydroxylation is 1. The summed E-state index contributed by atoms with van der Waals surface area (Å²) in [7, 11) is 0. The smallest absolute Gasteiger partial charge is 0.254 e. The molecule has 0 spiro atoms. The summed E-state index contributed by atoms with van der Waals surface area (Å²) in [6, 6.07) is 13.6. The zero-order chi connectivity index (χ0) is 20.9. The zero-order valence-corrected chi connectivity index (χ0v) is 16.7. The quantitative estimate of drug-likeness (QED) is 0.621. The van der Waals surface area contributed by atoms with Crippen LogP contribution in [0.5, 0.6) is 5.75 Å². The van der Waals surface area contributed by atoms with Crippen LogP contribution in [0.2, 0.25) is 0 Å². The number of rotatable bonds is 6. The first kappa shape index (κ1) is 19.8. The molecule has 1 amide bonds. The minimum Gasteiger partial charge on any atom is -0.486 e. The lowest BCUT2D eigenvalue weighted by Crippen LogP contribution is -2.48. The number of nitrogens with zero attached hydrogens (tertiary/aromatic N) is 6. The number of amides is 1. The second-order valence-corrected chi connectivity index (χ2v) is 6.98. The van der Waals surface area contributed by atoms with E-state index < -0.39 is 0 Å². The molecule has 9 heteroatoms. The highest BCUT2D eigenvalue weighted by molar-refractivity contribution is 5.94. The van der Waals surface area contributed by atoms with Crippen molar-refractivity contribution in [2.24, 2.45) is 0 Å². The molecule has 1 fully saturated rings. The summed E-state index contributed by atoms with van der Waals surface area (Å²) < 4.78 is 20.6. The fraction of sp³-hybridized carbons (Fsp3) is 0.333. The van der Waals surface area contributed by atoms with Crippen LogP contribution in [0.1, 0.15) is 23.1 Å². The molecule has 0 radical (unpaired) electrons. The van der Waals surface area contributed by atoms with Crippen molar-refractivity contribution in [1.29, 1.82) is 0 Å². The van der Waals surface area contributed by atoms with E-state index in [1.165, 1.54) is 12.1 Å². The van der Waals surface area contributed by atoms with Crippen molar-refractivity contribution in [1.82, 2.24) is 25.1 Å². The lowest BCUT2D eigenvalue weighted by atomic mass is 10.1. The van der Waals surface area contributed by atoms with Crippen LogP contribution in [0.4, 0.5) is 10.1 Å². The highest BCUT2D eigenvalue weighted by Crippen LogP contribution is 2.20. The van der Waals surface area contributed by atoms with Crippen molar-refractivity contribution in [3.8, 4) is 5.75 Å². The number of anilines is 1. The van der Waals surface area contributed by atoms with Gasteiger partial charge in [-0.25, -0.2) is 9.07 Å². The summed E-state index contributed by atoms with van der Waals surface area (Å²) in [4.78, 5) is 16.9. The summed E-state index contributed by atoms with van der Waals surface area (Å²) in [6.07, 6.45) is 0. The van der Waals surface area contributed by atoms with Gasteiger partial charge in [-0.1, -0.05) is 6.07 Å². The summed E-state index contributed by atoms with van der Waals surface area (Å²) in [5.74, 6) is 0.945. The number of hydrogen-bond acceptors (Lipinski definition) is 6. The molecular weight excluding hydrogens is 387 g/mol. The number of ether oxygens (including phenoxy) is 1. The molecule has 2 heterocycles. The van der Waals surface area contributed by atoms with Crippen LogP contribution in [-0.2, 0) is 13.2 Å². The summed E-state index contributed by atoms with van der Waals surface area (Å²) in [5, 5.41) is 11.5. The van der Waals surface area contributed by atoms with Crippen LogP contribution in [0, 0.1) is 5.82 Å². The minimum atomic E-state index is -0.249. The maximum Gasteiger partial charge on any atom is 0.254 e. The van der Waals surface area contributed by atoms with Crippen LogP contribution in [0.15, 0.2) is 48.5 Å². The molecule has 156 valence electrons. The van der Waals surface area contributed by atoms with Gasteiger partial charge in [0.15, 0.2) is 5.82 Å². The molecule has 1 aliphatic heterocycles. The van der Waals surface area contributed by atoms with Crippen molar-refractivity contribution < 1.29 is 13.9 Å². The van der Waals surface area contributed by atoms with E-state index in [0.29, 0.717) is 49.9 Å². The van der Waals surface area contributed by atoms with Gasteiger partial charge in [0.05, 0.1) is 0 Å². The van der Waals surface area contributed by atoms with Crippen molar-refractivity contribution in [2.75, 3.05) is 31.1 Å².